The molecule has 0 aliphatic carbocycles. The Kier molecular flexibility index (Phi) is 6.82. The number of ether oxygens (including phenoxy) is 1. The molecule has 3 atom stereocenters. The van der Waals surface area contributed by atoms with E-state index in [0.717, 1.165) is 32.2 Å². The molecule has 0 saturated carbocycles. The summed E-state index contributed by atoms with van der Waals surface area (Å²) in [5.41, 5.74) is 0. The standard InChI is InChI=1S/C15H29N3O4S/c1-12(22-2)11-23(20,21)18-8-4-5-13(10-18)9-17-15(19)14-6-3-7-16-14/h12-14,16H,3-11H2,1-2H3,(H,17,19). The first kappa shape index (κ1) is 18.6. The number of hydrogen-bond donors (Lipinski definition) is 2. The predicted molar refractivity (Wildman–Crippen MR) is 88.6 cm³/mol. The first-order valence-electron chi connectivity index (χ1n) is 8.44. The minimum Gasteiger partial charge on any atom is -0.381 e. The largest absolute Gasteiger partial charge is 0.381 e. The molecule has 0 aromatic rings. The smallest absolute Gasteiger partial charge is 0.237 e. The van der Waals surface area contributed by atoms with Crippen LogP contribution in [0.5, 0.6) is 0 Å². The molecule has 0 bridgehead atoms. The molecular weight excluding hydrogens is 318 g/mol. The van der Waals surface area contributed by atoms with E-state index in [4.69, 9.17) is 4.74 Å². The molecule has 2 heterocycles. The molecule has 0 radical (unpaired) electrons. The number of carbonyl (C=O) groups is 1. The molecule has 7 nitrogen and oxygen atoms in total. The lowest BCUT2D eigenvalue weighted by molar-refractivity contribution is -0.123. The van der Waals surface area contributed by atoms with Gasteiger partial charge in [-0.3, -0.25) is 4.79 Å². The van der Waals surface area contributed by atoms with E-state index in [1.165, 1.54) is 7.11 Å². The number of nitrogens with zero attached hydrogens (tertiary/aromatic N) is 1. The Balaban J connectivity index is 1.81. The van der Waals surface area contributed by atoms with Gasteiger partial charge in [-0.2, -0.15) is 0 Å². The number of sulfonamides is 1. The molecule has 3 unspecified atom stereocenters. The zero-order valence-electron chi connectivity index (χ0n) is 14.1. The van der Waals surface area contributed by atoms with Gasteiger partial charge in [-0.1, -0.05) is 0 Å². The second-order valence-corrected chi connectivity index (χ2v) is 8.60. The van der Waals surface area contributed by atoms with Gasteiger partial charge in [0.15, 0.2) is 0 Å². The lowest BCUT2D eigenvalue weighted by atomic mass is 9.99. The van der Waals surface area contributed by atoms with Crippen LogP contribution in [0.2, 0.25) is 0 Å². The summed E-state index contributed by atoms with van der Waals surface area (Å²) in [4.78, 5) is 12.0. The van der Waals surface area contributed by atoms with Crippen molar-refractivity contribution in [2.45, 2.75) is 44.8 Å². The topological polar surface area (TPSA) is 87.7 Å². The van der Waals surface area contributed by atoms with Crippen LogP contribution in [0.1, 0.15) is 32.6 Å². The molecule has 0 aromatic heterocycles. The lowest BCUT2D eigenvalue weighted by Crippen LogP contribution is -2.47. The molecular formula is C15H29N3O4S. The SMILES string of the molecule is COC(C)CS(=O)(=O)N1CCCC(CNC(=O)C2CCCN2)C1. The third-order valence-corrected chi connectivity index (χ3v) is 6.67. The van der Waals surface area contributed by atoms with Crippen LogP contribution < -0.4 is 10.6 Å². The van der Waals surface area contributed by atoms with E-state index in [2.05, 4.69) is 10.6 Å². The lowest BCUT2D eigenvalue weighted by Gasteiger charge is -2.32. The molecule has 1 amide bonds. The van der Waals surface area contributed by atoms with Crippen LogP contribution >= 0.6 is 0 Å². The molecule has 0 spiro atoms. The van der Waals surface area contributed by atoms with Gasteiger partial charge in [0.05, 0.1) is 17.9 Å². The van der Waals surface area contributed by atoms with E-state index in [-0.39, 0.29) is 29.7 Å². The maximum atomic E-state index is 12.4. The third kappa shape index (κ3) is 5.41. The van der Waals surface area contributed by atoms with Gasteiger partial charge in [0.1, 0.15) is 0 Å². The highest BCUT2D eigenvalue weighted by molar-refractivity contribution is 7.89. The van der Waals surface area contributed by atoms with Crippen LogP contribution in [0.4, 0.5) is 0 Å². The average molecular weight is 347 g/mol. The van der Waals surface area contributed by atoms with Crippen LogP contribution in [0.3, 0.4) is 0 Å². The van der Waals surface area contributed by atoms with Crippen molar-refractivity contribution in [2.24, 2.45) is 5.92 Å². The summed E-state index contributed by atoms with van der Waals surface area (Å²) in [5, 5.41) is 6.14. The van der Waals surface area contributed by atoms with Gasteiger partial charge >= 0.3 is 0 Å². The van der Waals surface area contributed by atoms with Crippen LogP contribution in [0, 0.1) is 5.92 Å². The fourth-order valence-corrected chi connectivity index (χ4v) is 4.98. The predicted octanol–water partition coefficient (Wildman–Crippen LogP) is -0.0687. The van der Waals surface area contributed by atoms with Crippen molar-refractivity contribution in [3.8, 4) is 0 Å². The van der Waals surface area contributed by atoms with Crippen LogP contribution in [0.25, 0.3) is 0 Å². The fourth-order valence-electron chi connectivity index (χ4n) is 3.19. The van der Waals surface area contributed by atoms with Crippen molar-refractivity contribution in [1.82, 2.24) is 14.9 Å². The zero-order valence-corrected chi connectivity index (χ0v) is 14.9. The summed E-state index contributed by atoms with van der Waals surface area (Å²) in [7, 11) is -1.78. The Labute approximate surface area is 139 Å². The monoisotopic (exact) mass is 347 g/mol. The number of methoxy groups -OCH3 is 1. The molecule has 2 aliphatic rings. The van der Waals surface area contributed by atoms with Gasteiger partial charge in [-0.05, 0) is 45.1 Å². The summed E-state index contributed by atoms with van der Waals surface area (Å²) < 4.78 is 31.4. The van der Waals surface area contributed by atoms with Crippen molar-refractivity contribution in [2.75, 3.05) is 39.0 Å². The van der Waals surface area contributed by atoms with Crippen molar-refractivity contribution in [1.29, 1.82) is 0 Å². The highest BCUT2D eigenvalue weighted by Crippen LogP contribution is 2.20. The molecule has 2 aliphatic heterocycles. The number of rotatable bonds is 7. The summed E-state index contributed by atoms with van der Waals surface area (Å²) in [6, 6.07) is -0.0824. The fraction of sp³-hybridized carbons (Fsp3) is 0.933. The van der Waals surface area contributed by atoms with Crippen LogP contribution in [0.15, 0.2) is 0 Å². The van der Waals surface area contributed by atoms with E-state index < -0.39 is 10.0 Å². The Hall–Kier alpha value is -0.700. The molecule has 2 N–H and O–H groups in total. The quantitative estimate of drug-likeness (QED) is 0.673. The summed E-state index contributed by atoms with van der Waals surface area (Å²) in [5.74, 6) is 0.228. The summed E-state index contributed by atoms with van der Waals surface area (Å²) >= 11 is 0. The normalized spacial score (nSPS) is 27.7. The first-order valence-corrected chi connectivity index (χ1v) is 10.0. The summed E-state index contributed by atoms with van der Waals surface area (Å²) in [6.07, 6.45) is 3.39. The van der Waals surface area contributed by atoms with Crippen LogP contribution in [-0.2, 0) is 19.6 Å². The van der Waals surface area contributed by atoms with Crippen molar-refractivity contribution in [3.63, 3.8) is 0 Å². The van der Waals surface area contributed by atoms with Gasteiger partial charge in [0.25, 0.3) is 0 Å². The highest BCUT2D eigenvalue weighted by Gasteiger charge is 2.31. The molecule has 23 heavy (non-hydrogen) atoms. The molecule has 0 aromatic carbocycles. The Morgan fingerprint density at radius 1 is 1.39 bits per heavy atom. The van der Waals surface area contributed by atoms with E-state index in [1.807, 2.05) is 0 Å². The second kappa shape index (κ2) is 8.41. The Morgan fingerprint density at radius 3 is 2.83 bits per heavy atom. The average Bonchev–Trinajstić information content (AvgIpc) is 3.07. The highest BCUT2D eigenvalue weighted by atomic mass is 32.2. The zero-order chi connectivity index (χ0) is 16.9. The summed E-state index contributed by atoms with van der Waals surface area (Å²) in [6.45, 7) is 4.24. The molecule has 2 saturated heterocycles. The van der Waals surface area contributed by atoms with E-state index in [0.29, 0.717) is 19.6 Å². The maximum absolute atomic E-state index is 12.4. The third-order valence-electron chi connectivity index (χ3n) is 4.66. The number of amides is 1. The second-order valence-electron chi connectivity index (χ2n) is 6.59. The minimum absolute atomic E-state index is 0.00851. The minimum atomic E-state index is -3.30. The van der Waals surface area contributed by atoms with Gasteiger partial charge < -0.3 is 15.4 Å². The van der Waals surface area contributed by atoms with Gasteiger partial charge in [0, 0.05) is 26.7 Å². The molecule has 2 rings (SSSR count). The molecule has 2 fully saturated rings. The Bertz CT molecular complexity index is 491. The maximum Gasteiger partial charge on any atom is 0.237 e. The number of nitrogens with one attached hydrogen (secondary N) is 2. The van der Waals surface area contributed by atoms with Gasteiger partial charge in [-0.25, -0.2) is 12.7 Å². The van der Waals surface area contributed by atoms with Crippen LogP contribution in [-0.4, -0.2) is 69.8 Å². The number of piperidine rings is 1. The van der Waals surface area contributed by atoms with Crippen molar-refractivity contribution >= 4 is 15.9 Å². The molecule has 134 valence electrons. The van der Waals surface area contributed by atoms with E-state index in [1.54, 1.807) is 11.2 Å². The van der Waals surface area contributed by atoms with Crippen molar-refractivity contribution < 1.29 is 17.9 Å². The van der Waals surface area contributed by atoms with E-state index in [9.17, 15) is 13.2 Å². The Morgan fingerprint density at radius 2 is 2.17 bits per heavy atom. The number of carbonyl (C=O) groups excluding carboxylic acids is 1. The van der Waals surface area contributed by atoms with Gasteiger partial charge in [-0.15, -0.1) is 0 Å². The van der Waals surface area contributed by atoms with Crippen molar-refractivity contribution in [3.05, 3.63) is 0 Å². The first-order chi connectivity index (χ1) is 10.9. The van der Waals surface area contributed by atoms with E-state index >= 15 is 0 Å². The molecule has 8 heteroatoms. The van der Waals surface area contributed by atoms with Gasteiger partial charge in [0.2, 0.25) is 15.9 Å². The number of hydrogen-bond acceptors (Lipinski definition) is 5.